The number of aromatic nitrogens is 3. The third-order valence-corrected chi connectivity index (χ3v) is 5.75. The molecule has 0 saturated carbocycles. The van der Waals surface area contributed by atoms with Gasteiger partial charge in [0.1, 0.15) is 5.75 Å². The number of carbonyl (C=O) groups is 2. The first-order chi connectivity index (χ1) is 14.2. The fourth-order valence-corrected chi connectivity index (χ4v) is 4.31. The first-order valence-electron chi connectivity index (χ1n) is 9.30. The number of amides is 2. The maximum atomic E-state index is 12.5. The Morgan fingerprint density at radius 3 is 2.17 bits per heavy atom. The highest BCUT2D eigenvalue weighted by Gasteiger charge is 2.34. The molecule has 1 aliphatic heterocycles. The Balaban J connectivity index is 1.48. The van der Waals surface area contributed by atoms with Crippen molar-refractivity contribution in [3.05, 3.63) is 59.7 Å². The molecule has 148 valence electrons. The summed E-state index contributed by atoms with van der Waals surface area (Å²) in [5.74, 6) is 1.52. The monoisotopic (exact) mass is 408 g/mol. The molecule has 0 N–H and O–H groups in total. The first kappa shape index (κ1) is 19.2. The number of hydrogen-bond acceptors (Lipinski definition) is 6. The molecule has 0 radical (unpaired) electrons. The van der Waals surface area contributed by atoms with Crippen LogP contribution < -0.4 is 4.74 Å². The van der Waals surface area contributed by atoms with Crippen LogP contribution in [-0.2, 0) is 6.54 Å². The Labute approximate surface area is 172 Å². The van der Waals surface area contributed by atoms with Gasteiger partial charge in [-0.15, -0.1) is 10.2 Å². The Morgan fingerprint density at radius 2 is 1.55 bits per heavy atom. The largest absolute Gasteiger partial charge is 0.496 e. The number of imide groups is 1. The number of thioether (sulfide) groups is 1. The second kappa shape index (κ2) is 8.08. The quantitative estimate of drug-likeness (QED) is 0.441. The average Bonchev–Trinajstić information content (AvgIpc) is 3.28. The molecule has 0 aliphatic carbocycles. The molecule has 29 heavy (non-hydrogen) atoms. The number of nitrogens with zero attached hydrogens (tertiary/aromatic N) is 4. The molecule has 0 spiro atoms. The van der Waals surface area contributed by atoms with Crippen LogP contribution in [0.4, 0.5) is 0 Å². The van der Waals surface area contributed by atoms with E-state index < -0.39 is 0 Å². The summed E-state index contributed by atoms with van der Waals surface area (Å²) in [6, 6.07) is 14.6. The lowest BCUT2D eigenvalue weighted by molar-refractivity contribution is 0.0664. The number of hydrogen-bond donors (Lipinski definition) is 0. The van der Waals surface area contributed by atoms with E-state index in [0.29, 0.717) is 30.0 Å². The van der Waals surface area contributed by atoms with Gasteiger partial charge in [-0.2, -0.15) is 0 Å². The maximum absolute atomic E-state index is 12.5. The molecule has 0 atom stereocenters. The lowest BCUT2D eigenvalue weighted by Crippen LogP contribution is -2.31. The van der Waals surface area contributed by atoms with Crippen LogP contribution in [0.1, 0.15) is 27.6 Å². The topological polar surface area (TPSA) is 77.3 Å². The van der Waals surface area contributed by atoms with Gasteiger partial charge in [0.15, 0.2) is 11.0 Å². The third-order valence-electron chi connectivity index (χ3n) is 4.81. The van der Waals surface area contributed by atoms with Crippen molar-refractivity contribution in [2.75, 3.05) is 19.4 Å². The van der Waals surface area contributed by atoms with Crippen LogP contribution in [0.25, 0.3) is 11.4 Å². The van der Waals surface area contributed by atoms with Gasteiger partial charge in [-0.25, -0.2) is 0 Å². The van der Waals surface area contributed by atoms with Gasteiger partial charge in [-0.1, -0.05) is 36.0 Å². The second-order valence-electron chi connectivity index (χ2n) is 6.41. The first-order valence-corrected chi connectivity index (χ1v) is 10.3. The predicted octanol–water partition coefficient (Wildman–Crippen LogP) is 3.36. The summed E-state index contributed by atoms with van der Waals surface area (Å²) in [7, 11) is 1.63. The summed E-state index contributed by atoms with van der Waals surface area (Å²) in [4.78, 5) is 26.3. The molecule has 2 heterocycles. The van der Waals surface area contributed by atoms with E-state index in [1.54, 1.807) is 31.4 Å². The van der Waals surface area contributed by atoms with Crippen molar-refractivity contribution >= 4 is 23.6 Å². The zero-order valence-electron chi connectivity index (χ0n) is 16.2. The smallest absolute Gasteiger partial charge is 0.261 e. The van der Waals surface area contributed by atoms with Gasteiger partial charge in [0, 0.05) is 18.8 Å². The van der Waals surface area contributed by atoms with Crippen molar-refractivity contribution in [3.8, 4) is 17.1 Å². The van der Waals surface area contributed by atoms with E-state index >= 15 is 0 Å². The average molecular weight is 408 g/mol. The van der Waals surface area contributed by atoms with E-state index in [-0.39, 0.29) is 11.8 Å². The Bertz CT molecular complexity index is 1040. The molecule has 7 nitrogen and oxygen atoms in total. The summed E-state index contributed by atoms with van der Waals surface area (Å²) in [5.41, 5.74) is 1.81. The molecule has 0 unspecified atom stereocenters. The summed E-state index contributed by atoms with van der Waals surface area (Å²) in [5, 5.41) is 9.40. The number of fused-ring (bicyclic) bond motifs is 1. The minimum Gasteiger partial charge on any atom is -0.496 e. The fraction of sp³-hybridized carbons (Fsp3) is 0.238. The molecule has 0 fully saturated rings. The van der Waals surface area contributed by atoms with Gasteiger partial charge < -0.3 is 9.30 Å². The SMILES string of the molecule is CCn1c(SCCN2C(=O)c3ccccc3C2=O)nnc1-c1ccccc1OC. The van der Waals surface area contributed by atoms with Gasteiger partial charge in [0.05, 0.1) is 23.8 Å². The number of methoxy groups -OCH3 is 1. The van der Waals surface area contributed by atoms with Crippen molar-refractivity contribution in [2.45, 2.75) is 18.6 Å². The highest BCUT2D eigenvalue weighted by atomic mass is 32.2. The van der Waals surface area contributed by atoms with E-state index in [0.717, 1.165) is 22.3 Å². The Morgan fingerprint density at radius 1 is 0.931 bits per heavy atom. The minimum atomic E-state index is -0.238. The lowest BCUT2D eigenvalue weighted by atomic mass is 10.1. The highest BCUT2D eigenvalue weighted by molar-refractivity contribution is 7.99. The summed E-state index contributed by atoms with van der Waals surface area (Å²) in [6.07, 6.45) is 0. The van der Waals surface area contributed by atoms with E-state index in [4.69, 9.17) is 4.74 Å². The van der Waals surface area contributed by atoms with Gasteiger partial charge in [-0.3, -0.25) is 14.5 Å². The van der Waals surface area contributed by atoms with E-state index in [1.807, 2.05) is 35.8 Å². The molecule has 3 aromatic rings. The molecule has 4 rings (SSSR count). The van der Waals surface area contributed by atoms with Crippen LogP contribution in [-0.4, -0.2) is 50.9 Å². The normalized spacial score (nSPS) is 13.1. The minimum absolute atomic E-state index is 0.238. The van der Waals surface area contributed by atoms with Gasteiger partial charge in [0.25, 0.3) is 11.8 Å². The van der Waals surface area contributed by atoms with Crippen LogP contribution in [0.3, 0.4) is 0 Å². The predicted molar refractivity (Wildman–Crippen MR) is 110 cm³/mol. The van der Waals surface area contributed by atoms with Crippen LogP contribution >= 0.6 is 11.8 Å². The van der Waals surface area contributed by atoms with Crippen LogP contribution in [0.15, 0.2) is 53.7 Å². The van der Waals surface area contributed by atoms with Crippen molar-refractivity contribution in [2.24, 2.45) is 0 Å². The molecule has 0 bridgehead atoms. The summed E-state index contributed by atoms with van der Waals surface area (Å²) in [6.45, 7) is 3.03. The standard InChI is InChI=1S/C21H20N4O3S/c1-3-24-18(16-10-6-7-11-17(16)28-2)22-23-21(24)29-13-12-25-19(26)14-8-4-5-9-15(14)20(25)27/h4-11H,3,12-13H2,1-2H3. The molecule has 1 aromatic heterocycles. The molecule has 2 aromatic carbocycles. The van der Waals surface area contributed by atoms with Crippen molar-refractivity contribution in [1.82, 2.24) is 19.7 Å². The Kier molecular flexibility index (Phi) is 5.35. The summed E-state index contributed by atoms with van der Waals surface area (Å²) >= 11 is 1.47. The molecule has 2 amide bonds. The van der Waals surface area contributed by atoms with Crippen LogP contribution in [0, 0.1) is 0 Å². The van der Waals surface area contributed by atoms with E-state index in [9.17, 15) is 9.59 Å². The lowest BCUT2D eigenvalue weighted by Gasteiger charge is -2.13. The van der Waals surface area contributed by atoms with Gasteiger partial charge in [-0.05, 0) is 31.2 Å². The van der Waals surface area contributed by atoms with Crippen molar-refractivity contribution in [3.63, 3.8) is 0 Å². The number of ether oxygens (including phenoxy) is 1. The van der Waals surface area contributed by atoms with Crippen molar-refractivity contribution in [1.29, 1.82) is 0 Å². The Hall–Kier alpha value is -3.13. The zero-order chi connectivity index (χ0) is 20.4. The summed E-state index contributed by atoms with van der Waals surface area (Å²) < 4.78 is 7.45. The number of benzene rings is 2. The second-order valence-corrected chi connectivity index (χ2v) is 7.47. The van der Waals surface area contributed by atoms with Gasteiger partial charge >= 0.3 is 0 Å². The maximum Gasteiger partial charge on any atom is 0.261 e. The molecule has 0 saturated heterocycles. The third kappa shape index (κ3) is 3.40. The number of carbonyl (C=O) groups excluding carboxylic acids is 2. The molecule has 8 heteroatoms. The van der Waals surface area contributed by atoms with E-state index in [2.05, 4.69) is 10.2 Å². The number of para-hydroxylation sites is 1. The van der Waals surface area contributed by atoms with Gasteiger partial charge in [0.2, 0.25) is 0 Å². The fourth-order valence-electron chi connectivity index (χ4n) is 3.38. The van der Waals surface area contributed by atoms with Crippen LogP contribution in [0.2, 0.25) is 0 Å². The molecular formula is C21H20N4O3S. The highest BCUT2D eigenvalue weighted by Crippen LogP contribution is 2.31. The number of rotatable bonds is 7. The van der Waals surface area contributed by atoms with E-state index in [1.165, 1.54) is 16.7 Å². The van der Waals surface area contributed by atoms with Crippen LogP contribution in [0.5, 0.6) is 5.75 Å². The van der Waals surface area contributed by atoms with Crippen molar-refractivity contribution < 1.29 is 14.3 Å². The molecular weight excluding hydrogens is 388 g/mol. The zero-order valence-corrected chi connectivity index (χ0v) is 17.0. The molecule has 1 aliphatic rings.